The molecule has 0 unspecified atom stereocenters. The third-order valence-corrected chi connectivity index (χ3v) is 1.47. The third-order valence-electron chi connectivity index (χ3n) is 1.47. The molecule has 1 amide bonds. The Bertz CT molecular complexity index is 392. The molecule has 0 aliphatic heterocycles. The van der Waals surface area contributed by atoms with E-state index in [0.29, 0.717) is 0 Å². The molecule has 0 radical (unpaired) electrons. The highest BCUT2D eigenvalue weighted by Crippen LogP contribution is 2.20. The standard InChI is InChI=1S/C8H7FN2O3/c1-5(12)10-8-3-2-6(11(13)14)4-7(8)9/h2-4H,1H3,(H,10,12). The maximum Gasteiger partial charge on any atom is 0.272 e. The Morgan fingerprint density at radius 3 is 2.64 bits per heavy atom. The van der Waals surface area contributed by atoms with E-state index in [1.807, 2.05) is 0 Å². The van der Waals surface area contributed by atoms with Crippen LogP contribution in [0, 0.1) is 15.9 Å². The lowest BCUT2D eigenvalue weighted by Crippen LogP contribution is -2.07. The minimum atomic E-state index is -0.825. The van der Waals surface area contributed by atoms with Crippen molar-refractivity contribution in [2.45, 2.75) is 6.92 Å². The Morgan fingerprint density at radius 2 is 2.21 bits per heavy atom. The van der Waals surface area contributed by atoms with Gasteiger partial charge in [-0.1, -0.05) is 0 Å². The number of nitro benzene ring substituents is 1. The molecule has 0 saturated heterocycles. The maximum atomic E-state index is 13.1. The molecule has 5 nitrogen and oxygen atoms in total. The van der Waals surface area contributed by atoms with Gasteiger partial charge >= 0.3 is 0 Å². The van der Waals surface area contributed by atoms with Gasteiger partial charge < -0.3 is 5.32 Å². The summed E-state index contributed by atoms with van der Waals surface area (Å²) < 4.78 is 13.1. The van der Waals surface area contributed by atoms with Gasteiger partial charge in [-0.05, 0) is 6.07 Å². The summed E-state index contributed by atoms with van der Waals surface area (Å²) in [7, 11) is 0. The number of nitro groups is 1. The van der Waals surface area contributed by atoms with Gasteiger partial charge in [0, 0.05) is 13.0 Å². The topological polar surface area (TPSA) is 72.2 Å². The van der Waals surface area contributed by atoms with Crippen LogP contribution in [-0.4, -0.2) is 10.8 Å². The van der Waals surface area contributed by atoms with Crippen LogP contribution in [0.15, 0.2) is 18.2 Å². The van der Waals surface area contributed by atoms with Gasteiger partial charge in [-0.25, -0.2) is 4.39 Å². The smallest absolute Gasteiger partial charge is 0.272 e. The van der Waals surface area contributed by atoms with E-state index in [-0.39, 0.29) is 11.4 Å². The Kier molecular flexibility index (Phi) is 2.76. The molecular formula is C8H7FN2O3. The van der Waals surface area contributed by atoms with Crippen LogP contribution in [0.25, 0.3) is 0 Å². The summed E-state index contributed by atoms with van der Waals surface area (Å²) in [6.07, 6.45) is 0. The number of anilines is 1. The molecule has 1 aromatic rings. The Morgan fingerprint density at radius 1 is 1.57 bits per heavy atom. The van der Waals surface area contributed by atoms with Gasteiger partial charge in [0.2, 0.25) is 5.91 Å². The fourth-order valence-corrected chi connectivity index (χ4v) is 0.909. The van der Waals surface area contributed by atoms with E-state index in [2.05, 4.69) is 5.32 Å². The third kappa shape index (κ3) is 2.25. The Balaban J connectivity index is 3.01. The van der Waals surface area contributed by atoms with Gasteiger partial charge in [-0.3, -0.25) is 14.9 Å². The quantitative estimate of drug-likeness (QED) is 0.580. The lowest BCUT2D eigenvalue weighted by Gasteiger charge is -2.02. The SMILES string of the molecule is CC(=O)Nc1ccc([N+](=O)[O-])cc1F. The summed E-state index contributed by atoms with van der Waals surface area (Å²) in [5, 5.41) is 12.4. The molecule has 0 saturated carbocycles. The lowest BCUT2D eigenvalue weighted by atomic mass is 10.2. The second-order valence-corrected chi connectivity index (χ2v) is 2.60. The highest BCUT2D eigenvalue weighted by molar-refractivity contribution is 5.88. The normalized spacial score (nSPS) is 9.57. The van der Waals surface area contributed by atoms with E-state index in [1.165, 1.54) is 6.92 Å². The highest BCUT2D eigenvalue weighted by atomic mass is 19.1. The number of non-ortho nitro benzene ring substituents is 1. The zero-order valence-electron chi connectivity index (χ0n) is 7.28. The molecule has 1 N–H and O–H groups in total. The van der Waals surface area contributed by atoms with Crippen molar-refractivity contribution in [3.8, 4) is 0 Å². The van der Waals surface area contributed by atoms with Crippen molar-refractivity contribution in [3.05, 3.63) is 34.1 Å². The van der Waals surface area contributed by atoms with E-state index in [0.717, 1.165) is 18.2 Å². The average Bonchev–Trinajstić information content (AvgIpc) is 2.07. The van der Waals surface area contributed by atoms with E-state index >= 15 is 0 Å². The minimum absolute atomic E-state index is 0.0666. The molecule has 0 aliphatic carbocycles. The molecule has 0 aromatic heterocycles. The van der Waals surface area contributed by atoms with Crippen molar-refractivity contribution < 1.29 is 14.1 Å². The van der Waals surface area contributed by atoms with Crippen molar-refractivity contribution in [1.82, 2.24) is 0 Å². The first kappa shape index (κ1) is 10.1. The fourth-order valence-electron chi connectivity index (χ4n) is 0.909. The van der Waals surface area contributed by atoms with Crippen LogP contribution in [0.2, 0.25) is 0 Å². The molecule has 1 rings (SSSR count). The monoisotopic (exact) mass is 198 g/mol. The molecule has 0 atom stereocenters. The van der Waals surface area contributed by atoms with Crippen LogP contribution in [-0.2, 0) is 4.79 Å². The zero-order valence-corrected chi connectivity index (χ0v) is 7.28. The van der Waals surface area contributed by atoms with Gasteiger partial charge in [0.05, 0.1) is 16.7 Å². The number of amides is 1. The van der Waals surface area contributed by atoms with Crippen LogP contribution < -0.4 is 5.32 Å². The summed E-state index contributed by atoms with van der Waals surface area (Å²) in [4.78, 5) is 20.1. The van der Waals surface area contributed by atoms with Gasteiger partial charge in [-0.15, -0.1) is 0 Å². The van der Waals surface area contributed by atoms with Crippen molar-refractivity contribution in [1.29, 1.82) is 0 Å². The molecule has 1 aromatic carbocycles. The number of benzene rings is 1. The molecular weight excluding hydrogens is 191 g/mol. The summed E-state index contributed by atoms with van der Waals surface area (Å²) in [6.45, 7) is 1.22. The van der Waals surface area contributed by atoms with E-state index in [1.54, 1.807) is 0 Å². The summed E-state index contributed by atoms with van der Waals surface area (Å²) in [6, 6.07) is 3.02. The van der Waals surface area contributed by atoms with Gasteiger partial charge in [0.1, 0.15) is 0 Å². The number of halogens is 1. The first-order chi connectivity index (χ1) is 6.50. The number of rotatable bonds is 2. The first-order valence-electron chi connectivity index (χ1n) is 3.72. The predicted octanol–water partition coefficient (Wildman–Crippen LogP) is 1.69. The zero-order chi connectivity index (χ0) is 10.7. The lowest BCUT2D eigenvalue weighted by molar-refractivity contribution is -0.385. The van der Waals surface area contributed by atoms with Gasteiger partial charge in [0.15, 0.2) is 5.82 Å². The molecule has 14 heavy (non-hydrogen) atoms. The Hall–Kier alpha value is -1.98. The van der Waals surface area contributed by atoms with Crippen LogP contribution in [0.1, 0.15) is 6.92 Å². The highest BCUT2D eigenvalue weighted by Gasteiger charge is 2.10. The number of hydrogen-bond donors (Lipinski definition) is 1. The van der Waals surface area contributed by atoms with Gasteiger partial charge in [-0.2, -0.15) is 0 Å². The van der Waals surface area contributed by atoms with E-state index in [9.17, 15) is 19.3 Å². The predicted molar refractivity (Wildman–Crippen MR) is 47.4 cm³/mol. The summed E-state index contributed by atoms with van der Waals surface area (Å²) >= 11 is 0. The molecule has 74 valence electrons. The van der Waals surface area contributed by atoms with Crippen LogP contribution in [0.3, 0.4) is 0 Å². The number of carbonyl (C=O) groups is 1. The van der Waals surface area contributed by atoms with Crippen LogP contribution in [0.4, 0.5) is 15.8 Å². The van der Waals surface area contributed by atoms with E-state index in [4.69, 9.17) is 0 Å². The number of hydrogen-bond acceptors (Lipinski definition) is 3. The average molecular weight is 198 g/mol. The van der Waals surface area contributed by atoms with Crippen molar-refractivity contribution in [2.75, 3.05) is 5.32 Å². The number of nitrogens with zero attached hydrogens (tertiary/aromatic N) is 1. The first-order valence-corrected chi connectivity index (χ1v) is 3.72. The van der Waals surface area contributed by atoms with Crippen molar-refractivity contribution in [2.24, 2.45) is 0 Å². The van der Waals surface area contributed by atoms with Crippen molar-refractivity contribution >= 4 is 17.3 Å². The second kappa shape index (κ2) is 3.82. The maximum absolute atomic E-state index is 13.1. The minimum Gasteiger partial charge on any atom is -0.324 e. The molecule has 0 bridgehead atoms. The molecule has 0 spiro atoms. The van der Waals surface area contributed by atoms with Crippen LogP contribution >= 0.6 is 0 Å². The fraction of sp³-hybridized carbons (Fsp3) is 0.125. The Labute approximate surface area is 78.7 Å². The summed E-state index contributed by atoms with van der Waals surface area (Å²) in [5.74, 6) is -1.26. The van der Waals surface area contributed by atoms with Crippen LogP contribution in [0.5, 0.6) is 0 Å². The van der Waals surface area contributed by atoms with E-state index < -0.39 is 16.6 Å². The molecule has 0 fully saturated rings. The summed E-state index contributed by atoms with van der Waals surface area (Å²) in [5.41, 5.74) is -0.417. The number of nitrogens with one attached hydrogen (secondary N) is 1. The largest absolute Gasteiger partial charge is 0.324 e. The van der Waals surface area contributed by atoms with Crippen molar-refractivity contribution in [3.63, 3.8) is 0 Å². The number of carbonyl (C=O) groups excluding carboxylic acids is 1. The molecule has 6 heteroatoms. The molecule has 0 aliphatic rings. The molecule has 0 heterocycles. The second-order valence-electron chi connectivity index (χ2n) is 2.60. The van der Waals surface area contributed by atoms with Gasteiger partial charge in [0.25, 0.3) is 5.69 Å².